The second kappa shape index (κ2) is 4.37. The van der Waals surface area contributed by atoms with Crippen LogP contribution in [0.4, 0.5) is 11.4 Å². The number of hydrogen-bond acceptors (Lipinski definition) is 4. The molecule has 4 nitrogen and oxygen atoms in total. The molecular weight excluding hydrogens is 202 g/mol. The lowest BCUT2D eigenvalue weighted by Crippen LogP contribution is -2.15. The Morgan fingerprint density at radius 3 is 3.00 bits per heavy atom. The molecule has 0 fully saturated rings. The van der Waals surface area contributed by atoms with Crippen LogP contribution in [0.1, 0.15) is 6.92 Å². The molecule has 1 aromatic carbocycles. The highest BCUT2D eigenvalue weighted by Gasteiger charge is 2.05. The number of nitrogens with one attached hydrogen (secondary N) is 1. The molecule has 0 radical (unpaired) electrons. The lowest BCUT2D eigenvalue weighted by atomic mass is 10.1. The van der Waals surface area contributed by atoms with Crippen molar-refractivity contribution in [1.82, 2.24) is 4.98 Å². The van der Waals surface area contributed by atoms with Gasteiger partial charge in [-0.15, -0.1) is 0 Å². The molecule has 0 aliphatic heterocycles. The Morgan fingerprint density at radius 2 is 2.25 bits per heavy atom. The minimum atomic E-state index is -0.392. The molecule has 0 saturated heterocycles. The van der Waals surface area contributed by atoms with Gasteiger partial charge in [0.1, 0.15) is 0 Å². The number of nitrogens with two attached hydrogens (primary N) is 1. The van der Waals surface area contributed by atoms with Crippen LogP contribution >= 0.6 is 0 Å². The van der Waals surface area contributed by atoms with Crippen molar-refractivity contribution in [3.8, 4) is 0 Å². The van der Waals surface area contributed by atoms with E-state index < -0.39 is 6.10 Å². The molecule has 1 heterocycles. The number of anilines is 2. The zero-order valence-electron chi connectivity index (χ0n) is 9.14. The number of rotatable bonds is 3. The van der Waals surface area contributed by atoms with Crippen LogP contribution in [-0.4, -0.2) is 22.7 Å². The van der Waals surface area contributed by atoms with Gasteiger partial charge in [-0.05, 0) is 31.2 Å². The molecule has 1 aromatic heterocycles. The Bertz CT molecular complexity index is 497. The van der Waals surface area contributed by atoms with Gasteiger partial charge in [0.25, 0.3) is 0 Å². The summed E-state index contributed by atoms with van der Waals surface area (Å²) in [5.74, 6) is 0. The number of aliphatic hydroxyl groups is 1. The van der Waals surface area contributed by atoms with Crippen molar-refractivity contribution in [2.24, 2.45) is 0 Å². The van der Waals surface area contributed by atoms with Crippen LogP contribution in [0.2, 0.25) is 0 Å². The number of fused-ring (bicyclic) bond motifs is 1. The minimum absolute atomic E-state index is 0.392. The van der Waals surface area contributed by atoms with E-state index >= 15 is 0 Å². The third-order valence-corrected chi connectivity index (χ3v) is 2.39. The average molecular weight is 217 g/mol. The molecule has 2 rings (SSSR count). The van der Waals surface area contributed by atoms with Crippen LogP contribution < -0.4 is 11.1 Å². The first-order valence-corrected chi connectivity index (χ1v) is 5.23. The lowest BCUT2D eigenvalue weighted by molar-refractivity contribution is 0.208. The number of nitrogens with zero attached hydrogens (tertiary/aromatic N) is 1. The fourth-order valence-corrected chi connectivity index (χ4v) is 1.60. The number of benzene rings is 1. The van der Waals surface area contributed by atoms with E-state index in [9.17, 15) is 5.11 Å². The summed E-state index contributed by atoms with van der Waals surface area (Å²) < 4.78 is 0. The van der Waals surface area contributed by atoms with Gasteiger partial charge in [0.15, 0.2) is 0 Å². The zero-order chi connectivity index (χ0) is 11.5. The first kappa shape index (κ1) is 10.7. The van der Waals surface area contributed by atoms with E-state index in [0.717, 1.165) is 16.6 Å². The van der Waals surface area contributed by atoms with Crippen molar-refractivity contribution in [2.75, 3.05) is 17.6 Å². The van der Waals surface area contributed by atoms with Crippen molar-refractivity contribution >= 4 is 22.3 Å². The van der Waals surface area contributed by atoms with E-state index in [1.165, 1.54) is 0 Å². The monoisotopic (exact) mass is 217 g/mol. The van der Waals surface area contributed by atoms with E-state index in [1.807, 2.05) is 24.3 Å². The first-order chi connectivity index (χ1) is 7.68. The highest BCUT2D eigenvalue weighted by atomic mass is 16.3. The smallest absolute Gasteiger partial charge is 0.0953 e. The Labute approximate surface area is 94.1 Å². The quantitative estimate of drug-likeness (QED) is 0.683. The molecule has 0 aliphatic rings. The number of aromatic nitrogens is 1. The molecular formula is C12H15N3O. The molecule has 0 spiro atoms. The van der Waals surface area contributed by atoms with Crippen molar-refractivity contribution in [3.63, 3.8) is 0 Å². The van der Waals surface area contributed by atoms with E-state index in [2.05, 4.69) is 10.3 Å². The molecule has 0 bridgehead atoms. The number of hydrogen-bond donors (Lipinski definition) is 3. The van der Waals surface area contributed by atoms with Gasteiger partial charge in [-0.3, -0.25) is 4.98 Å². The number of pyridine rings is 1. The normalized spacial score (nSPS) is 12.6. The summed E-state index contributed by atoms with van der Waals surface area (Å²) in [4.78, 5) is 4.30. The SMILES string of the molecule is CC(O)CNc1ccc(N)c2cccnc12. The molecule has 0 amide bonds. The standard InChI is InChI=1S/C12H15N3O/c1-8(16)7-15-11-5-4-10(13)9-3-2-6-14-12(9)11/h2-6,8,15-16H,7,13H2,1H3. The van der Waals surface area contributed by atoms with Crippen LogP contribution in [0.25, 0.3) is 10.9 Å². The van der Waals surface area contributed by atoms with E-state index in [4.69, 9.17) is 5.73 Å². The van der Waals surface area contributed by atoms with Crippen LogP contribution in [0.3, 0.4) is 0 Å². The maximum atomic E-state index is 9.23. The van der Waals surface area contributed by atoms with Crippen LogP contribution in [0, 0.1) is 0 Å². The maximum Gasteiger partial charge on any atom is 0.0953 e. The Hall–Kier alpha value is -1.81. The molecule has 2 aromatic rings. The number of aliphatic hydroxyl groups excluding tert-OH is 1. The van der Waals surface area contributed by atoms with E-state index in [-0.39, 0.29) is 0 Å². The van der Waals surface area contributed by atoms with Crippen molar-refractivity contribution < 1.29 is 5.11 Å². The third kappa shape index (κ3) is 2.06. The summed E-state index contributed by atoms with van der Waals surface area (Å²) in [6, 6.07) is 7.52. The van der Waals surface area contributed by atoms with E-state index in [0.29, 0.717) is 12.2 Å². The summed E-state index contributed by atoms with van der Waals surface area (Å²) in [5, 5.41) is 13.3. The summed E-state index contributed by atoms with van der Waals surface area (Å²) >= 11 is 0. The second-order valence-electron chi connectivity index (χ2n) is 3.83. The van der Waals surface area contributed by atoms with Gasteiger partial charge in [0.2, 0.25) is 0 Å². The minimum Gasteiger partial charge on any atom is -0.398 e. The first-order valence-electron chi connectivity index (χ1n) is 5.23. The van der Waals surface area contributed by atoms with Gasteiger partial charge in [-0.25, -0.2) is 0 Å². The summed E-state index contributed by atoms with van der Waals surface area (Å²) in [7, 11) is 0. The largest absolute Gasteiger partial charge is 0.398 e. The van der Waals surface area contributed by atoms with Gasteiger partial charge in [0.05, 0.1) is 17.3 Å². The molecule has 84 valence electrons. The molecule has 0 aliphatic carbocycles. The second-order valence-corrected chi connectivity index (χ2v) is 3.83. The van der Waals surface area contributed by atoms with Crippen LogP contribution in [0.5, 0.6) is 0 Å². The Morgan fingerprint density at radius 1 is 1.44 bits per heavy atom. The fraction of sp³-hybridized carbons (Fsp3) is 0.250. The topological polar surface area (TPSA) is 71.2 Å². The van der Waals surface area contributed by atoms with Crippen molar-refractivity contribution in [3.05, 3.63) is 30.5 Å². The summed E-state index contributed by atoms with van der Waals surface area (Å²) in [5.41, 5.74) is 8.31. The Kier molecular flexibility index (Phi) is 2.92. The lowest BCUT2D eigenvalue weighted by Gasteiger charge is -2.11. The molecule has 0 saturated carbocycles. The molecule has 4 N–H and O–H groups in total. The third-order valence-electron chi connectivity index (χ3n) is 2.39. The van der Waals surface area contributed by atoms with Gasteiger partial charge in [-0.2, -0.15) is 0 Å². The highest BCUT2D eigenvalue weighted by molar-refractivity contribution is 5.98. The van der Waals surface area contributed by atoms with E-state index in [1.54, 1.807) is 13.1 Å². The van der Waals surface area contributed by atoms with Gasteiger partial charge < -0.3 is 16.2 Å². The molecule has 1 atom stereocenters. The number of nitrogen functional groups attached to an aromatic ring is 1. The molecule has 16 heavy (non-hydrogen) atoms. The predicted octanol–water partition coefficient (Wildman–Crippen LogP) is 1.61. The maximum absolute atomic E-state index is 9.23. The van der Waals surface area contributed by atoms with Gasteiger partial charge in [0, 0.05) is 23.8 Å². The van der Waals surface area contributed by atoms with Crippen molar-refractivity contribution in [1.29, 1.82) is 0 Å². The average Bonchev–Trinajstić information content (AvgIpc) is 2.28. The van der Waals surface area contributed by atoms with Crippen LogP contribution in [-0.2, 0) is 0 Å². The van der Waals surface area contributed by atoms with Gasteiger partial charge >= 0.3 is 0 Å². The van der Waals surface area contributed by atoms with Crippen LogP contribution in [0.15, 0.2) is 30.5 Å². The summed E-state index contributed by atoms with van der Waals surface area (Å²) in [6.45, 7) is 2.23. The molecule has 1 unspecified atom stereocenters. The fourth-order valence-electron chi connectivity index (χ4n) is 1.60. The highest BCUT2D eigenvalue weighted by Crippen LogP contribution is 2.25. The summed E-state index contributed by atoms with van der Waals surface area (Å²) in [6.07, 6.45) is 1.34. The van der Waals surface area contributed by atoms with Crippen molar-refractivity contribution in [2.45, 2.75) is 13.0 Å². The Balaban J connectivity index is 2.42. The predicted molar refractivity (Wildman–Crippen MR) is 66.3 cm³/mol. The molecule has 4 heteroatoms. The van der Waals surface area contributed by atoms with Gasteiger partial charge in [-0.1, -0.05) is 0 Å². The zero-order valence-corrected chi connectivity index (χ0v) is 9.14.